The van der Waals surface area contributed by atoms with Gasteiger partial charge in [0.05, 0.1) is 0 Å². The third-order valence-corrected chi connectivity index (χ3v) is 8.76. The molecule has 2 fully saturated rings. The third kappa shape index (κ3) is 3.00. The first kappa shape index (κ1) is 19.9. The maximum absolute atomic E-state index is 13.1. The Morgan fingerprint density at radius 1 is 1.14 bits per heavy atom. The van der Waals surface area contributed by atoms with E-state index in [1.807, 2.05) is 0 Å². The summed E-state index contributed by atoms with van der Waals surface area (Å²) in [4.78, 5) is 24.4. The van der Waals surface area contributed by atoms with Crippen LogP contribution in [-0.2, 0) is 9.59 Å². The lowest BCUT2D eigenvalue weighted by atomic mass is 9.48. The van der Waals surface area contributed by atoms with Gasteiger partial charge < -0.3 is 5.32 Å². The number of aldehydes is 1. The fourth-order valence-electron chi connectivity index (χ4n) is 7.33. The Morgan fingerprint density at radius 3 is 2.57 bits per heavy atom. The molecule has 0 aromatic rings. The third-order valence-electron chi connectivity index (χ3n) is 8.76. The van der Waals surface area contributed by atoms with Gasteiger partial charge in [-0.05, 0) is 105 Å². The topological polar surface area (TPSA) is 46.2 Å². The highest BCUT2D eigenvalue weighted by atomic mass is 16.2. The zero-order chi connectivity index (χ0) is 20.3. The lowest BCUT2D eigenvalue weighted by Gasteiger charge is -2.57. The molecule has 0 bridgehead atoms. The minimum absolute atomic E-state index is 0.136. The molecule has 28 heavy (non-hydrogen) atoms. The van der Waals surface area contributed by atoms with Crippen molar-refractivity contribution < 1.29 is 9.59 Å². The highest BCUT2D eigenvalue weighted by Crippen LogP contribution is 2.65. The van der Waals surface area contributed by atoms with Gasteiger partial charge in [-0.25, -0.2) is 0 Å². The van der Waals surface area contributed by atoms with Crippen LogP contribution in [0.15, 0.2) is 23.3 Å². The molecule has 0 aliphatic heterocycles. The Kier molecular flexibility index (Phi) is 4.67. The van der Waals surface area contributed by atoms with E-state index in [4.69, 9.17) is 0 Å². The number of allylic oxidation sites excluding steroid dienone is 4. The molecule has 0 aromatic carbocycles. The minimum Gasteiger partial charge on any atom is -0.351 e. The van der Waals surface area contributed by atoms with E-state index in [-0.39, 0.29) is 28.2 Å². The molecule has 1 amide bonds. The lowest BCUT2D eigenvalue weighted by molar-refractivity contribution is -0.133. The van der Waals surface area contributed by atoms with E-state index in [1.165, 1.54) is 18.4 Å². The molecule has 3 nitrogen and oxygen atoms in total. The lowest BCUT2D eigenvalue weighted by Crippen LogP contribution is -2.52. The van der Waals surface area contributed by atoms with Gasteiger partial charge in [0, 0.05) is 11.5 Å². The molecule has 154 valence electrons. The van der Waals surface area contributed by atoms with E-state index in [1.54, 1.807) is 0 Å². The van der Waals surface area contributed by atoms with Crippen LogP contribution in [0.2, 0.25) is 0 Å². The Balaban J connectivity index is 1.60. The Morgan fingerprint density at radius 2 is 1.89 bits per heavy atom. The molecule has 0 aromatic heterocycles. The average Bonchev–Trinajstić information content (AvgIpc) is 2.97. The van der Waals surface area contributed by atoms with Crippen molar-refractivity contribution in [3.05, 3.63) is 23.3 Å². The molecular weight excluding hydrogens is 346 g/mol. The average molecular weight is 384 g/mol. The van der Waals surface area contributed by atoms with Gasteiger partial charge in [0.1, 0.15) is 6.29 Å². The molecule has 6 atom stereocenters. The van der Waals surface area contributed by atoms with Gasteiger partial charge in [-0.1, -0.05) is 26.0 Å². The number of hydrogen-bond acceptors (Lipinski definition) is 2. The fraction of sp³-hybridized carbons (Fsp3) is 0.760. The summed E-state index contributed by atoms with van der Waals surface area (Å²) in [6.07, 6.45) is 13.4. The quantitative estimate of drug-likeness (QED) is 0.665. The molecule has 2 saturated carbocycles. The first-order valence-corrected chi connectivity index (χ1v) is 11.3. The van der Waals surface area contributed by atoms with Gasteiger partial charge in [0.15, 0.2) is 0 Å². The van der Waals surface area contributed by atoms with Crippen LogP contribution >= 0.6 is 0 Å². The van der Waals surface area contributed by atoms with Crippen molar-refractivity contribution in [2.24, 2.45) is 34.5 Å². The Hall–Kier alpha value is -1.38. The van der Waals surface area contributed by atoms with Crippen molar-refractivity contribution in [2.75, 3.05) is 0 Å². The van der Waals surface area contributed by atoms with E-state index in [9.17, 15) is 9.59 Å². The van der Waals surface area contributed by atoms with Crippen LogP contribution in [0, 0.1) is 34.5 Å². The minimum atomic E-state index is -0.163. The predicted molar refractivity (Wildman–Crippen MR) is 113 cm³/mol. The van der Waals surface area contributed by atoms with Gasteiger partial charge in [-0.3, -0.25) is 9.59 Å². The van der Waals surface area contributed by atoms with Gasteiger partial charge in [-0.2, -0.15) is 0 Å². The summed E-state index contributed by atoms with van der Waals surface area (Å²) in [7, 11) is 0. The van der Waals surface area contributed by atoms with Gasteiger partial charge in [0.2, 0.25) is 5.91 Å². The van der Waals surface area contributed by atoms with Crippen LogP contribution in [0.25, 0.3) is 0 Å². The summed E-state index contributed by atoms with van der Waals surface area (Å²) in [5.74, 6) is 2.45. The number of carbonyl (C=O) groups excluding carboxylic acids is 2. The van der Waals surface area contributed by atoms with Crippen LogP contribution in [0.5, 0.6) is 0 Å². The monoisotopic (exact) mass is 383 g/mol. The summed E-state index contributed by atoms with van der Waals surface area (Å²) in [6, 6.07) is 0. The van der Waals surface area contributed by atoms with Crippen molar-refractivity contribution in [3.8, 4) is 0 Å². The van der Waals surface area contributed by atoms with E-state index in [0.717, 1.165) is 44.0 Å². The molecule has 4 aliphatic rings. The maximum atomic E-state index is 13.1. The second kappa shape index (κ2) is 6.57. The second-order valence-electron chi connectivity index (χ2n) is 11.4. The van der Waals surface area contributed by atoms with Crippen LogP contribution < -0.4 is 5.32 Å². The molecule has 0 spiro atoms. The van der Waals surface area contributed by atoms with Gasteiger partial charge in [-0.15, -0.1) is 0 Å². The van der Waals surface area contributed by atoms with E-state index in [2.05, 4.69) is 52.1 Å². The molecule has 2 unspecified atom stereocenters. The van der Waals surface area contributed by atoms with Crippen molar-refractivity contribution in [1.82, 2.24) is 5.32 Å². The van der Waals surface area contributed by atoms with Gasteiger partial charge >= 0.3 is 0 Å². The molecule has 0 heterocycles. The summed E-state index contributed by atoms with van der Waals surface area (Å²) in [5, 5.41) is 3.26. The molecule has 3 heteroatoms. The zero-order valence-electron chi connectivity index (χ0n) is 18.3. The number of hydrogen-bond donors (Lipinski definition) is 1. The van der Waals surface area contributed by atoms with Crippen molar-refractivity contribution in [1.29, 1.82) is 0 Å². The van der Waals surface area contributed by atoms with Crippen molar-refractivity contribution in [3.63, 3.8) is 0 Å². The molecule has 0 radical (unpaired) electrons. The normalized spacial score (nSPS) is 42.5. The highest BCUT2D eigenvalue weighted by molar-refractivity contribution is 5.80. The Bertz CT molecular complexity index is 742. The largest absolute Gasteiger partial charge is 0.351 e. The molecular formula is C25H37NO2. The van der Waals surface area contributed by atoms with Crippen LogP contribution in [0.1, 0.15) is 79.6 Å². The van der Waals surface area contributed by atoms with Crippen LogP contribution in [0.4, 0.5) is 0 Å². The number of nitrogens with one attached hydrogen (secondary N) is 1. The standard InChI is InChI=1S/C25H37NO2/c1-23(2,3)26-22(28)21-9-8-19-18-7-6-17-14-16(15-27)10-12-24(17,4)20(18)11-13-25(19,21)5/h6,14-15,18-21H,7-13H2,1-5H3,(H,26,28)/t18-,19?,20?,21+,24-,25-/m0/s1. The zero-order valence-corrected chi connectivity index (χ0v) is 18.3. The van der Waals surface area contributed by atoms with Crippen LogP contribution in [0.3, 0.4) is 0 Å². The second-order valence-corrected chi connectivity index (χ2v) is 11.4. The SMILES string of the molecule is CC(C)(C)NC(=O)[C@H]1CCC2[C@@H]3CC=C4C=C(C=O)CC[C@]4(C)C3CC[C@@]21C. The first-order valence-electron chi connectivity index (χ1n) is 11.3. The molecule has 0 saturated heterocycles. The van der Waals surface area contributed by atoms with E-state index < -0.39 is 0 Å². The summed E-state index contributed by atoms with van der Waals surface area (Å²) in [6.45, 7) is 11.1. The van der Waals surface area contributed by atoms with Crippen molar-refractivity contribution >= 4 is 12.2 Å². The maximum Gasteiger partial charge on any atom is 0.224 e. The number of carbonyl (C=O) groups is 2. The molecule has 1 N–H and O–H groups in total. The van der Waals surface area contributed by atoms with E-state index in [0.29, 0.717) is 17.8 Å². The number of rotatable bonds is 2. The summed E-state index contributed by atoms with van der Waals surface area (Å²) in [5.41, 5.74) is 2.55. The van der Waals surface area contributed by atoms with Crippen LogP contribution in [-0.4, -0.2) is 17.7 Å². The first-order chi connectivity index (χ1) is 13.1. The van der Waals surface area contributed by atoms with Gasteiger partial charge in [0.25, 0.3) is 0 Å². The summed E-state index contributed by atoms with van der Waals surface area (Å²) >= 11 is 0. The smallest absolute Gasteiger partial charge is 0.224 e. The number of amides is 1. The highest BCUT2D eigenvalue weighted by Gasteiger charge is 2.59. The predicted octanol–water partition coefficient (Wildman–Crippen LogP) is 5.22. The fourth-order valence-corrected chi connectivity index (χ4v) is 7.33. The van der Waals surface area contributed by atoms with Crippen molar-refractivity contribution in [2.45, 2.75) is 85.1 Å². The molecule has 4 rings (SSSR count). The number of fused-ring (bicyclic) bond motifs is 5. The Labute approximate surface area is 170 Å². The molecule has 4 aliphatic carbocycles. The summed E-state index contributed by atoms with van der Waals surface area (Å²) < 4.78 is 0. The van der Waals surface area contributed by atoms with E-state index >= 15 is 0 Å².